The molecule has 0 saturated heterocycles. The average Bonchev–Trinajstić information content (AvgIpc) is 1.35. The molecule has 0 amide bonds. The van der Waals surface area contributed by atoms with Crippen LogP contribution in [0.15, 0.2) is 0 Å². The molecular weight excluding hydrogens is 221 g/mol. The Balaban J connectivity index is -0.0000000417. The summed E-state index contributed by atoms with van der Waals surface area (Å²) in [6.45, 7) is -0.208. The van der Waals surface area contributed by atoms with Crippen molar-refractivity contribution in [2.75, 3.05) is 13.7 Å². The van der Waals surface area contributed by atoms with Gasteiger partial charge in [-0.2, -0.15) is 0 Å². The largest absolute Gasteiger partial charge is 2.00 e. The molecule has 0 aliphatic rings. The fraction of sp³-hybridized carbons (Fsp3) is 0.667. The summed E-state index contributed by atoms with van der Waals surface area (Å²) >= 11 is 0. The van der Waals surface area contributed by atoms with Gasteiger partial charge in [-0.25, -0.2) is 4.79 Å². The van der Waals surface area contributed by atoms with Gasteiger partial charge in [0.25, 0.3) is 0 Å². The minimum absolute atomic E-state index is 0. The van der Waals surface area contributed by atoms with Crippen molar-refractivity contribution >= 4 is 54.9 Å². The molecule has 0 unspecified atom stereocenters. The van der Waals surface area contributed by atoms with Crippen LogP contribution in [0.1, 0.15) is 2.85 Å². The van der Waals surface area contributed by atoms with Gasteiger partial charge in [-0.05, 0) is 0 Å². The SMILES string of the molecule is COCC(=O)O.[Ba+2].[H-].[H-]. The maximum Gasteiger partial charge on any atom is 2.00 e. The van der Waals surface area contributed by atoms with Crippen LogP contribution in [-0.4, -0.2) is 73.7 Å². The van der Waals surface area contributed by atoms with Crippen molar-refractivity contribution in [3.05, 3.63) is 0 Å². The molecule has 0 bridgehead atoms. The summed E-state index contributed by atoms with van der Waals surface area (Å²) in [7, 11) is 1.34. The number of carboxylic acid groups (broad SMARTS) is 1. The molecule has 0 aromatic heterocycles. The molecule has 3 nitrogen and oxygen atoms in total. The molecule has 0 aliphatic carbocycles. The van der Waals surface area contributed by atoms with Crippen molar-refractivity contribution in [3.8, 4) is 0 Å². The normalized spacial score (nSPS) is 7.00. The first-order chi connectivity index (χ1) is 2.77. The van der Waals surface area contributed by atoms with Crippen LogP contribution in [0.4, 0.5) is 0 Å². The van der Waals surface area contributed by atoms with E-state index in [1.54, 1.807) is 0 Å². The molecule has 7 heavy (non-hydrogen) atoms. The summed E-state index contributed by atoms with van der Waals surface area (Å²) in [6, 6.07) is 0. The fourth-order valence-corrected chi connectivity index (χ4v) is 0.123. The number of aliphatic carboxylic acids is 1. The number of methoxy groups -OCH3 is 1. The molecule has 0 heterocycles. The Morgan fingerprint density at radius 1 is 2.00 bits per heavy atom. The molecule has 0 aromatic rings. The molecule has 4 heteroatoms. The zero-order chi connectivity index (χ0) is 4.99. The van der Waals surface area contributed by atoms with Crippen molar-refractivity contribution in [2.45, 2.75) is 0 Å². The van der Waals surface area contributed by atoms with Gasteiger partial charge in [0.1, 0.15) is 6.61 Å². The van der Waals surface area contributed by atoms with Crippen LogP contribution >= 0.6 is 0 Å². The number of hydrogen-bond acceptors (Lipinski definition) is 2. The second-order valence-corrected chi connectivity index (χ2v) is 0.827. The summed E-state index contributed by atoms with van der Waals surface area (Å²) in [4.78, 5) is 9.47. The van der Waals surface area contributed by atoms with E-state index < -0.39 is 5.97 Å². The van der Waals surface area contributed by atoms with Crippen molar-refractivity contribution in [1.29, 1.82) is 0 Å². The zero-order valence-corrected chi connectivity index (χ0v) is 8.62. The molecule has 0 saturated carbocycles. The Hall–Kier alpha value is 1.00. The van der Waals surface area contributed by atoms with Crippen LogP contribution in [0.3, 0.4) is 0 Å². The van der Waals surface area contributed by atoms with Gasteiger partial charge in [0, 0.05) is 7.11 Å². The second kappa shape index (κ2) is 7.00. The maximum atomic E-state index is 9.47. The van der Waals surface area contributed by atoms with E-state index in [9.17, 15) is 4.79 Å². The van der Waals surface area contributed by atoms with Gasteiger partial charge in [0.15, 0.2) is 0 Å². The zero-order valence-electron chi connectivity index (χ0n) is 6.18. The molecule has 0 aliphatic heterocycles. The van der Waals surface area contributed by atoms with E-state index in [0.29, 0.717) is 0 Å². The first-order valence-corrected chi connectivity index (χ1v) is 1.48. The van der Waals surface area contributed by atoms with E-state index in [4.69, 9.17) is 5.11 Å². The van der Waals surface area contributed by atoms with Gasteiger partial charge in [-0.15, -0.1) is 0 Å². The quantitative estimate of drug-likeness (QED) is 0.653. The maximum absolute atomic E-state index is 9.47. The summed E-state index contributed by atoms with van der Waals surface area (Å²) in [5, 5.41) is 7.79. The smallest absolute Gasteiger partial charge is 1.00 e. The molecule has 0 aromatic carbocycles. The van der Waals surface area contributed by atoms with E-state index in [-0.39, 0.29) is 58.3 Å². The van der Waals surface area contributed by atoms with E-state index in [0.717, 1.165) is 0 Å². The average molecular weight is 229 g/mol. The first kappa shape index (κ1) is 10.9. The van der Waals surface area contributed by atoms with Crippen molar-refractivity contribution < 1.29 is 17.5 Å². The van der Waals surface area contributed by atoms with Gasteiger partial charge in [-0.1, -0.05) is 0 Å². The molecule has 0 rings (SSSR count). The van der Waals surface area contributed by atoms with Gasteiger partial charge in [0.05, 0.1) is 0 Å². The molecule has 0 spiro atoms. The third kappa shape index (κ3) is 10.9. The number of rotatable bonds is 2. The number of carboxylic acids is 1. The Kier molecular flexibility index (Phi) is 10.9. The predicted octanol–water partition coefficient (Wildman–Crippen LogP) is -0.438. The minimum atomic E-state index is -0.933. The van der Waals surface area contributed by atoms with Crippen LogP contribution < -0.4 is 0 Å². The number of hydrogen-bond donors (Lipinski definition) is 1. The van der Waals surface area contributed by atoms with Crippen LogP contribution in [0.5, 0.6) is 0 Å². The number of carbonyl (C=O) groups is 1. The topological polar surface area (TPSA) is 46.5 Å². The third-order valence-corrected chi connectivity index (χ3v) is 0.268. The van der Waals surface area contributed by atoms with Crippen LogP contribution in [0.25, 0.3) is 0 Å². The fourth-order valence-electron chi connectivity index (χ4n) is 0.123. The first-order valence-electron chi connectivity index (χ1n) is 1.48. The molecule has 0 atom stereocenters. The molecule has 40 valence electrons. The van der Waals surface area contributed by atoms with Gasteiger partial charge >= 0.3 is 54.9 Å². The van der Waals surface area contributed by atoms with E-state index in [1.807, 2.05) is 0 Å². The van der Waals surface area contributed by atoms with Gasteiger partial charge in [0.2, 0.25) is 0 Å². The Morgan fingerprint density at radius 2 is 2.43 bits per heavy atom. The third-order valence-electron chi connectivity index (χ3n) is 0.268. The van der Waals surface area contributed by atoms with E-state index >= 15 is 0 Å². The van der Waals surface area contributed by atoms with Crippen molar-refractivity contribution in [1.82, 2.24) is 0 Å². The Labute approximate surface area is 85.1 Å². The standard InChI is InChI=1S/C3H6O3.Ba.2H/c1-6-2-3(4)5;;;/h2H2,1H3,(H,4,5);;;/q;+2;2*-1. The van der Waals surface area contributed by atoms with Crippen molar-refractivity contribution in [3.63, 3.8) is 0 Å². The van der Waals surface area contributed by atoms with Crippen LogP contribution in [0.2, 0.25) is 0 Å². The van der Waals surface area contributed by atoms with Gasteiger partial charge < -0.3 is 12.7 Å². The minimum Gasteiger partial charge on any atom is -1.00 e. The Morgan fingerprint density at radius 3 is 2.43 bits per heavy atom. The molecular formula is C3H8BaO3. The van der Waals surface area contributed by atoms with E-state index in [1.165, 1.54) is 7.11 Å². The number of ether oxygens (including phenoxy) is 1. The molecule has 1 N–H and O–H groups in total. The van der Waals surface area contributed by atoms with Crippen LogP contribution in [0, 0.1) is 0 Å². The van der Waals surface area contributed by atoms with Crippen LogP contribution in [-0.2, 0) is 9.53 Å². The van der Waals surface area contributed by atoms with Crippen molar-refractivity contribution in [2.24, 2.45) is 0 Å². The van der Waals surface area contributed by atoms with E-state index in [2.05, 4.69) is 4.74 Å². The van der Waals surface area contributed by atoms with Gasteiger partial charge in [-0.3, -0.25) is 0 Å². The monoisotopic (exact) mass is 230 g/mol. The molecule has 0 radical (unpaired) electrons. The molecule has 0 fully saturated rings. The summed E-state index contributed by atoms with van der Waals surface area (Å²) in [6.07, 6.45) is 0. The summed E-state index contributed by atoms with van der Waals surface area (Å²) < 4.78 is 4.20. The second-order valence-electron chi connectivity index (χ2n) is 0.827. The predicted molar refractivity (Wildman–Crippen MR) is 27.5 cm³/mol. The summed E-state index contributed by atoms with van der Waals surface area (Å²) in [5.74, 6) is -0.933. The Bertz CT molecular complexity index is 61.0. The summed E-state index contributed by atoms with van der Waals surface area (Å²) in [5.41, 5.74) is 0.